The van der Waals surface area contributed by atoms with Crippen molar-refractivity contribution in [3.05, 3.63) is 54.4 Å². The molecule has 1 aromatic heterocycles. The number of aromatic nitrogens is 1. The Bertz CT molecular complexity index is 423. The van der Waals surface area contributed by atoms with Crippen molar-refractivity contribution in [3.8, 4) is 5.75 Å². The van der Waals surface area contributed by atoms with Gasteiger partial charge in [0.1, 0.15) is 5.75 Å². The van der Waals surface area contributed by atoms with E-state index in [2.05, 4.69) is 11.5 Å². The largest absolute Gasteiger partial charge is 0.494 e. The number of nitrogens with zero attached hydrogens (tertiary/aromatic N) is 1. The van der Waals surface area contributed by atoms with Crippen LogP contribution in [-0.2, 0) is 6.54 Å². The smallest absolute Gasteiger partial charge is 0.124 e. The summed E-state index contributed by atoms with van der Waals surface area (Å²) in [6, 6.07) is 12.1. The summed E-state index contributed by atoms with van der Waals surface area (Å²) in [5.74, 6) is 0.949. The highest BCUT2D eigenvalue weighted by Crippen LogP contribution is 2.17. The standard InChI is InChI=1S/C13H16N2O/c1-2-16-13-8-4-3-7-12(13)11-14-15-9-5-6-10-15/h3-10,14H,2,11H2,1H3. The molecule has 84 valence electrons. The molecule has 0 amide bonds. The molecule has 0 atom stereocenters. The van der Waals surface area contributed by atoms with Gasteiger partial charge >= 0.3 is 0 Å². The Hall–Kier alpha value is -1.90. The van der Waals surface area contributed by atoms with Crippen LogP contribution in [0.1, 0.15) is 12.5 Å². The second-order valence-electron chi connectivity index (χ2n) is 3.47. The lowest BCUT2D eigenvalue weighted by atomic mass is 10.2. The van der Waals surface area contributed by atoms with E-state index >= 15 is 0 Å². The van der Waals surface area contributed by atoms with Gasteiger partial charge in [-0.15, -0.1) is 0 Å². The molecule has 2 rings (SSSR count). The van der Waals surface area contributed by atoms with E-state index in [9.17, 15) is 0 Å². The molecular weight excluding hydrogens is 200 g/mol. The van der Waals surface area contributed by atoms with Gasteiger partial charge in [-0.2, -0.15) is 0 Å². The van der Waals surface area contributed by atoms with Gasteiger partial charge in [0.2, 0.25) is 0 Å². The molecule has 16 heavy (non-hydrogen) atoms. The van der Waals surface area contributed by atoms with Gasteiger partial charge in [-0.3, -0.25) is 4.68 Å². The Kier molecular flexibility index (Phi) is 3.49. The molecule has 1 N–H and O–H groups in total. The molecule has 0 aliphatic carbocycles. The Balaban J connectivity index is 2.03. The highest BCUT2D eigenvalue weighted by atomic mass is 16.5. The molecule has 1 heterocycles. The molecule has 0 fully saturated rings. The van der Waals surface area contributed by atoms with Crippen molar-refractivity contribution >= 4 is 0 Å². The zero-order valence-electron chi connectivity index (χ0n) is 9.39. The molecule has 2 aromatic rings. The molecular formula is C13H16N2O. The van der Waals surface area contributed by atoms with Crippen LogP contribution in [0.15, 0.2) is 48.8 Å². The molecule has 0 spiro atoms. The molecule has 0 radical (unpaired) electrons. The van der Waals surface area contributed by atoms with E-state index in [0.717, 1.165) is 17.9 Å². The lowest BCUT2D eigenvalue weighted by Gasteiger charge is -2.12. The Morgan fingerprint density at radius 1 is 1.12 bits per heavy atom. The summed E-state index contributed by atoms with van der Waals surface area (Å²) >= 11 is 0. The van der Waals surface area contributed by atoms with Crippen LogP contribution in [-0.4, -0.2) is 11.3 Å². The first-order chi connectivity index (χ1) is 7.90. The van der Waals surface area contributed by atoms with Crippen molar-refractivity contribution in [3.63, 3.8) is 0 Å². The van der Waals surface area contributed by atoms with Gasteiger partial charge in [0, 0.05) is 18.0 Å². The van der Waals surface area contributed by atoms with Crippen molar-refractivity contribution in [1.29, 1.82) is 0 Å². The fraction of sp³-hybridized carbons (Fsp3) is 0.231. The van der Waals surface area contributed by atoms with E-state index in [-0.39, 0.29) is 0 Å². The number of para-hydroxylation sites is 1. The number of hydrogen-bond acceptors (Lipinski definition) is 2. The molecule has 3 heteroatoms. The van der Waals surface area contributed by atoms with Gasteiger partial charge in [-0.25, -0.2) is 0 Å². The van der Waals surface area contributed by atoms with E-state index in [4.69, 9.17) is 4.74 Å². The van der Waals surface area contributed by atoms with Gasteiger partial charge in [0.05, 0.1) is 13.2 Å². The van der Waals surface area contributed by atoms with E-state index in [1.54, 1.807) is 0 Å². The van der Waals surface area contributed by atoms with Crippen molar-refractivity contribution < 1.29 is 4.74 Å². The van der Waals surface area contributed by atoms with Crippen molar-refractivity contribution in [2.75, 3.05) is 12.0 Å². The van der Waals surface area contributed by atoms with Crippen LogP contribution in [0.25, 0.3) is 0 Å². The first-order valence-electron chi connectivity index (χ1n) is 5.47. The lowest BCUT2D eigenvalue weighted by Crippen LogP contribution is -2.12. The summed E-state index contributed by atoms with van der Waals surface area (Å²) in [5.41, 5.74) is 4.44. The predicted octanol–water partition coefficient (Wildman–Crippen LogP) is 2.63. The Labute approximate surface area is 95.6 Å². The highest BCUT2D eigenvalue weighted by Gasteiger charge is 2.01. The number of ether oxygens (including phenoxy) is 1. The van der Waals surface area contributed by atoms with Crippen LogP contribution < -0.4 is 10.2 Å². The van der Waals surface area contributed by atoms with Crippen LogP contribution >= 0.6 is 0 Å². The van der Waals surface area contributed by atoms with Gasteiger partial charge in [-0.05, 0) is 25.1 Å². The van der Waals surface area contributed by atoms with Gasteiger partial charge in [0.15, 0.2) is 0 Å². The number of nitrogens with one attached hydrogen (secondary N) is 1. The van der Waals surface area contributed by atoms with Crippen LogP contribution in [0.5, 0.6) is 5.75 Å². The maximum absolute atomic E-state index is 5.56. The summed E-state index contributed by atoms with van der Waals surface area (Å²) < 4.78 is 7.49. The fourth-order valence-electron chi connectivity index (χ4n) is 1.56. The van der Waals surface area contributed by atoms with Gasteiger partial charge in [0.25, 0.3) is 0 Å². The van der Waals surface area contributed by atoms with Crippen molar-refractivity contribution in [2.24, 2.45) is 0 Å². The SMILES string of the molecule is CCOc1ccccc1CNn1cccc1. The maximum atomic E-state index is 5.56. The number of rotatable bonds is 5. The lowest BCUT2D eigenvalue weighted by molar-refractivity contribution is 0.336. The molecule has 1 aromatic carbocycles. The molecule has 0 bridgehead atoms. The third kappa shape index (κ3) is 2.57. The molecule has 0 saturated heterocycles. The third-order valence-corrected chi connectivity index (χ3v) is 2.33. The highest BCUT2D eigenvalue weighted by molar-refractivity contribution is 5.33. The van der Waals surface area contributed by atoms with Crippen molar-refractivity contribution in [2.45, 2.75) is 13.5 Å². The van der Waals surface area contributed by atoms with E-state index < -0.39 is 0 Å². The molecule has 0 aliphatic rings. The zero-order chi connectivity index (χ0) is 11.2. The summed E-state index contributed by atoms with van der Waals surface area (Å²) in [5, 5.41) is 0. The summed E-state index contributed by atoms with van der Waals surface area (Å²) in [6.45, 7) is 3.45. The summed E-state index contributed by atoms with van der Waals surface area (Å²) in [7, 11) is 0. The maximum Gasteiger partial charge on any atom is 0.124 e. The molecule has 0 unspecified atom stereocenters. The third-order valence-electron chi connectivity index (χ3n) is 2.33. The minimum absolute atomic E-state index is 0.695. The quantitative estimate of drug-likeness (QED) is 0.831. The van der Waals surface area contributed by atoms with Crippen LogP contribution in [0.4, 0.5) is 0 Å². The van der Waals surface area contributed by atoms with E-state index in [1.165, 1.54) is 0 Å². The summed E-state index contributed by atoms with van der Waals surface area (Å²) in [4.78, 5) is 0. The normalized spacial score (nSPS) is 10.1. The minimum atomic E-state index is 0.695. The van der Waals surface area contributed by atoms with E-state index in [1.807, 2.05) is 54.3 Å². The van der Waals surface area contributed by atoms with E-state index in [0.29, 0.717) is 6.61 Å². The van der Waals surface area contributed by atoms with Crippen molar-refractivity contribution in [1.82, 2.24) is 4.68 Å². The Morgan fingerprint density at radius 3 is 2.62 bits per heavy atom. The average molecular weight is 216 g/mol. The Morgan fingerprint density at radius 2 is 1.88 bits per heavy atom. The monoisotopic (exact) mass is 216 g/mol. The van der Waals surface area contributed by atoms with Crippen LogP contribution in [0.3, 0.4) is 0 Å². The number of benzene rings is 1. The minimum Gasteiger partial charge on any atom is -0.494 e. The van der Waals surface area contributed by atoms with Crippen LogP contribution in [0.2, 0.25) is 0 Å². The number of hydrogen-bond donors (Lipinski definition) is 1. The molecule has 3 nitrogen and oxygen atoms in total. The van der Waals surface area contributed by atoms with Gasteiger partial charge in [-0.1, -0.05) is 18.2 Å². The fourth-order valence-corrected chi connectivity index (χ4v) is 1.56. The topological polar surface area (TPSA) is 26.2 Å². The first kappa shape index (κ1) is 10.6. The molecule has 0 saturated carbocycles. The van der Waals surface area contributed by atoms with Crippen LogP contribution in [0, 0.1) is 0 Å². The second-order valence-corrected chi connectivity index (χ2v) is 3.47. The molecule has 0 aliphatic heterocycles. The first-order valence-corrected chi connectivity index (χ1v) is 5.47. The zero-order valence-corrected chi connectivity index (χ0v) is 9.39. The average Bonchev–Trinajstić information content (AvgIpc) is 2.81. The van der Waals surface area contributed by atoms with Gasteiger partial charge < -0.3 is 10.2 Å². The predicted molar refractivity (Wildman–Crippen MR) is 65.1 cm³/mol. The summed E-state index contributed by atoms with van der Waals surface area (Å²) in [6.07, 6.45) is 3.95. The second kappa shape index (κ2) is 5.26.